The van der Waals surface area contributed by atoms with Crippen molar-refractivity contribution >= 4 is 21.4 Å². The van der Waals surface area contributed by atoms with Gasteiger partial charge in [-0.2, -0.15) is 0 Å². The SMILES string of the molecule is Cc1ccc(CC(C)NS(=O)(=O)CC2CCCNC2)s1. The number of piperidine rings is 1. The number of thiophene rings is 1. The average molecular weight is 316 g/mol. The molecule has 1 aromatic rings. The first-order valence-corrected chi connectivity index (χ1v) is 9.67. The van der Waals surface area contributed by atoms with Gasteiger partial charge in [-0.1, -0.05) is 0 Å². The number of hydrogen-bond donors (Lipinski definition) is 2. The van der Waals surface area contributed by atoms with E-state index in [-0.39, 0.29) is 17.7 Å². The molecule has 4 nitrogen and oxygen atoms in total. The van der Waals surface area contributed by atoms with E-state index in [0.29, 0.717) is 0 Å². The third-order valence-corrected chi connectivity index (χ3v) is 6.23. The maximum absolute atomic E-state index is 12.2. The van der Waals surface area contributed by atoms with E-state index >= 15 is 0 Å². The predicted octanol–water partition coefficient (Wildman–Crippen LogP) is 1.91. The molecule has 2 atom stereocenters. The predicted molar refractivity (Wildman–Crippen MR) is 84.7 cm³/mol. The lowest BCUT2D eigenvalue weighted by Crippen LogP contribution is -2.41. The second-order valence-electron chi connectivity index (χ2n) is 5.73. The Balaban J connectivity index is 1.83. The van der Waals surface area contributed by atoms with E-state index in [2.05, 4.69) is 29.1 Å². The van der Waals surface area contributed by atoms with Crippen LogP contribution in [0.1, 0.15) is 29.5 Å². The van der Waals surface area contributed by atoms with Gasteiger partial charge in [-0.25, -0.2) is 13.1 Å². The highest BCUT2D eigenvalue weighted by molar-refractivity contribution is 7.89. The topological polar surface area (TPSA) is 58.2 Å². The third kappa shape index (κ3) is 5.16. The molecule has 2 unspecified atom stereocenters. The summed E-state index contributed by atoms with van der Waals surface area (Å²) in [7, 11) is -3.18. The van der Waals surface area contributed by atoms with Gasteiger partial charge in [0.25, 0.3) is 0 Å². The van der Waals surface area contributed by atoms with Crippen LogP contribution in [0, 0.1) is 12.8 Å². The molecule has 0 bridgehead atoms. The van der Waals surface area contributed by atoms with Crippen LogP contribution >= 0.6 is 11.3 Å². The van der Waals surface area contributed by atoms with Crippen molar-refractivity contribution in [2.45, 2.75) is 39.2 Å². The van der Waals surface area contributed by atoms with E-state index in [1.165, 1.54) is 9.75 Å². The summed E-state index contributed by atoms with van der Waals surface area (Å²) in [4.78, 5) is 2.50. The van der Waals surface area contributed by atoms with Gasteiger partial charge in [0.1, 0.15) is 0 Å². The van der Waals surface area contributed by atoms with Gasteiger partial charge >= 0.3 is 0 Å². The van der Waals surface area contributed by atoms with E-state index in [1.807, 2.05) is 6.92 Å². The van der Waals surface area contributed by atoms with Crippen LogP contribution in [-0.2, 0) is 16.4 Å². The number of hydrogen-bond acceptors (Lipinski definition) is 4. The van der Waals surface area contributed by atoms with Gasteiger partial charge in [-0.05, 0) is 64.3 Å². The van der Waals surface area contributed by atoms with Crippen molar-refractivity contribution in [1.29, 1.82) is 0 Å². The van der Waals surface area contributed by atoms with E-state index < -0.39 is 10.0 Å². The van der Waals surface area contributed by atoms with Crippen LogP contribution < -0.4 is 10.0 Å². The van der Waals surface area contributed by atoms with Gasteiger partial charge in [0.05, 0.1) is 5.75 Å². The van der Waals surface area contributed by atoms with Crippen molar-refractivity contribution in [2.24, 2.45) is 5.92 Å². The molecule has 0 saturated carbocycles. The molecule has 114 valence electrons. The van der Waals surface area contributed by atoms with Crippen LogP contribution in [0.3, 0.4) is 0 Å². The van der Waals surface area contributed by atoms with Crippen LogP contribution in [0.5, 0.6) is 0 Å². The smallest absolute Gasteiger partial charge is 0.212 e. The molecular formula is C14H24N2O2S2. The fraction of sp³-hybridized carbons (Fsp3) is 0.714. The van der Waals surface area contributed by atoms with Gasteiger partial charge < -0.3 is 5.32 Å². The standard InChI is InChI=1S/C14H24N2O2S2/c1-11(8-14-6-5-12(2)19-14)16-20(17,18)10-13-4-3-7-15-9-13/h5-6,11,13,15-16H,3-4,7-10H2,1-2H3. The molecule has 0 radical (unpaired) electrons. The Kier molecular flexibility index (Phi) is 5.60. The highest BCUT2D eigenvalue weighted by atomic mass is 32.2. The van der Waals surface area contributed by atoms with Crippen LogP contribution in [0.2, 0.25) is 0 Å². The van der Waals surface area contributed by atoms with Gasteiger partial charge in [0, 0.05) is 15.8 Å². The van der Waals surface area contributed by atoms with Crippen molar-refractivity contribution in [3.05, 3.63) is 21.9 Å². The Labute approximate surface area is 126 Å². The van der Waals surface area contributed by atoms with Crippen LogP contribution in [-0.4, -0.2) is 33.3 Å². The average Bonchev–Trinajstić information content (AvgIpc) is 2.74. The first kappa shape index (κ1) is 15.9. The highest BCUT2D eigenvalue weighted by Gasteiger charge is 2.22. The fourth-order valence-corrected chi connectivity index (χ4v) is 5.39. The lowest BCUT2D eigenvalue weighted by molar-refractivity contribution is 0.402. The van der Waals surface area contributed by atoms with E-state index in [9.17, 15) is 8.42 Å². The third-order valence-electron chi connectivity index (χ3n) is 3.54. The highest BCUT2D eigenvalue weighted by Crippen LogP contribution is 2.17. The number of sulfonamides is 1. The summed E-state index contributed by atoms with van der Waals surface area (Å²) in [6.07, 6.45) is 2.84. The summed E-state index contributed by atoms with van der Waals surface area (Å²) < 4.78 is 27.2. The molecule has 20 heavy (non-hydrogen) atoms. The van der Waals surface area contributed by atoms with Crippen LogP contribution in [0.25, 0.3) is 0 Å². The summed E-state index contributed by atoms with van der Waals surface area (Å²) in [6, 6.07) is 4.11. The zero-order chi connectivity index (χ0) is 14.6. The van der Waals surface area contributed by atoms with Crippen molar-refractivity contribution in [1.82, 2.24) is 10.0 Å². The Morgan fingerprint density at radius 2 is 2.30 bits per heavy atom. The molecule has 1 saturated heterocycles. The molecule has 2 rings (SSSR count). The maximum atomic E-state index is 12.2. The van der Waals surface area contributed by atoms with Crippen molar-refractivity contribution in [3.63, 3.8) is 0 Å². The molecule has 0 aromatic carbocycles. The minimum Gasteiger partial charge on any atom is -0.316 e. The molecular weight excluding hydrogens is 292 g/mol. The van der Waals surface area contributed by atoms with Crippen LogP contribution in [0.15, 0.2) is 12.1 Å². The zero-order valence-corrected chi connectivity index (χ0v) is 13.8. The quantitative estimate of drug-likeness (QED) is 0.843. The van der Waals surface area contributed by atoms with E-state index in [4.69, 9.17) is 0 Å². The number of nitrogens with one attached hydrogen (secondary N) is 2. The largest absolute Gasteiger partial charge is 0.316 e. The van der Waals surface area contributed by atoms with Gasteiger partial charge in [-0.3, -0.25) is 0 Å². The zero-order valence-electron chi connectivity index (χ0n) is 12.2. The van der Waals surface area contributed by atoms with Crippen molar-refractivity contribution in [3.8, 4) is 0 Å². The lowest BCUT2D eigenvalue weighted by Gasteiger charge is -2.23. The maximum Gasteiger partial charge on any atom is 0.212 e. The molecule has 1 aromatic heterocycles. The molecule has 0 spiro atoms. The molecule has 0 aliphatic carbocycles. The summed E-state index contributed by atoms with van der Waals surface area (Å²) in [6.45, 7) is 5.84. The number of aryl methyl sites for hydroxylation is 1. The van der Waals surface area contributed by atoms with E-state index in [0.717, 1.165) is 32.4 Å². The second kappa shape index (κ2) is 7.02. The minimum atomic E-state index is -3.18. The van der Waals surface area contributed by atoms with Gasteiger partial charge in [-0.15, -0.1) is 11.3 Å². The molecule has 0 amide bonds. The number of rotatable bonds is 6. The molecule has 1 fully saturated rings. The second-order valence-corrected chi connectivity index (χ2v) is 8.90. The summed E-state index contributed by atoms with van der Waals surface area (Å²) in [5.41, 5.74) is 0. The molecule has 2 heterocycles. The monoisotopic (exact) mass is 316 g/mol. The van der Waals surface area contributed by atoms with Crippen molar-refractivity contribution < 1.29 is 8.42 Å². The molecule has 6 heteroatoms. The normalized spacial score (nSPS) is 21.8. The fourth-order valence-electron chi connectivity index (χ4n) is 2.67. The van der Waals surface area contributed by atoms with Gasteiger partial charge in [0.15, 0.2) is 0 Å². The first-order valence-electron chi connectivity index (χ1n) is 7.20. The molecule has 1 aliphatic rings. The van der Waals surface area contributed by atoms with Gasteiger partial charge in [0.2, 0.25) is 10.0 Å². The Morgan fingerprint density at radius 3 is 2.90 bits per heavy atom. The summed E-state index contributed by atoms with van der Waals surface area (Å²) >= 11 is 1.73. The first-order chi connectivity index (χ1) is 9.44. The Morgan fingerprint density at radius 1 is 1.50 bits per heavy atom. The summed E-state index contributed by atoms with van der Waals surface area (Å²) in [5, 5.41) is 3.26. The minimum absolute atomic E-state index is 0.0467. The Bertz CT molecular complexity index is 519. The van der Waals surface area contributed by atoms with Crippen molar-refractivity contribution in [2.75, 3.05) is 18.8 Å². The molecule has 1 aliphatic heterocycles. The summed E-state index contributed by atoms with van der Waals surface area (Å²) in [5.74, 6) is 0.491. The van der Waals surface area contributed by atoms with E-state index in [1.54, 1.807) is 11.3 Å². The molecule has 2 N–H and O–H groups in total. The lowest BCUT2D eigenvalue weighted by atomic mass is 10.0. The Hall–Kier alpha value is -0.430. The van der Waals surface area contributed by atoms with Crippen LogP contribution in [0.4, 0.5) is 0 Å².